The fourth-order valence-corrected chi connectivity index (χ4v) is 7.08. The second kappa shape index (κ2) is 10.2. The van der Waals surface area contributed by atoms with E-state index < -0.39 is 35.6 Å². The van der Waals surface area contributed by atoms with E-state index in [4.69, 9.17) is 4.74 Å². The van der Waals surface area contributed by atoms with Crippen LogP contribution in [0, 0.1) is 11.8 Å². The lowest BCUT2D eigenvalue weighted by Gasteiger charge is -2.38. The first-order valence-electron chi connectivity index (χ1n) is 14.4. The maximum atomic E-state index is 14.5. The molecule has 1 aromatic heterocycles. The van der Waals surface area contributed by atoms with Crippen LogP contribution in [0.15, 0.2) is 78.9 Å². The van der Waals surface area contributed by atoms with E-state index in [2.05, 4.69) is 10.3 Å². The highest BCUT2D eigenvalue weighted by molar-refractivity contribution is 6.04. The number of para-hydroxylation sites is 2. The van der Waals surface area contributed by atoms with Crippen molar-refractivity contribution in [3.05, 3.63) is 78.9 Å². The van der Waals surface area contributed by atoms with Gasteiger partial charge in [-0.05, 0) is 30.7 Å². The van der Waals surface area contributed by atoms with Crippen molar-refractivity contribution in [2.24, 2.45) is 11.8 Å². The Morgan fingerprint density at radius 1 is 1.00 bits per heavy atom. The Hall–Kier alpha value is -4.35. The minimum Gasteiger partial charge on any atom is -0.394 e. The topological polar surface area (TPSA) is 121 Å². The zero-order chi connectivity index (χ0) is 29.0. The number of benzene rings is 2. The quantitative estimate of drug-likeness (QED) is 0.450. The van der Waals surface area contributed by atoms with E-state index in [1.165, 1.54) is 4.90 Å². The summed E-state index contributed by atoms with van der Waals surface area (Å²) in [6.07, 6.45) is 7.14. The summed E-state index contributed by atoms with van der Waals surface area (Å²) < 4.78 is 8.37. The first-order chi connectivity index (χ1) is 20.5. The summed E-state index contributed by atoms with van der Waals surface area (Å²) >= 11 is 0. The number of aliphatic hydroxyl groups is 1. The van der Waals surface area contributed by atoms with Gasteiger partial charge in [0.2, 0.25) is 11.8 Å². The molecule has 2 aromatic carbocycles. The summed E-state index contributed by atoms with van der Waals surface area (Å²) in [7, 11) is 0. The zero-order valence-corrected chi connectivity index (χ0v) is 23.2. The predicted molar refractivity (Wildman–Crippen MR) is 153 cm³/mol. The summed E-state index contributed by atoms with van der Waals surface area (Å²) in [6.45, 7) is 2.28. The number of amides is 3. The maximum Gasteiger partial charge on any atom is 0.250 e. The van der Waals surface area contributed by atoms with Gasteiger partial charge in [0.1, 0.15) is 23.8 Å². The number of anilines is 1. The van der Waals surface area contributed by atoms with Crippen molar-refractivity contribution in [1.82, 2.24) is 24.8 Å². The van der Waals surface area contributed by atoms with Gasteiger partial charge in [-0.3, -0.25) is 14.4 Å². The van der Waals surface area contributed by atoms with Crippen LogP contribution in [0.2, 0.25) is 0 Å². The molecule has 6 atom stereocenters. The molecule has 1 N–H and O–H groups in total. The van der Waals surface area contributed by atoms with Crippen LogP contribution in [0.4, 0.5) is 5.69 Å². The summed E-state index contributed by atoms with van der Waals surface area (Å²) in [5, 5.41) is 18.8. The summed E-state index contributed by atoms with van der Waals surface area (Å²) in [5.74, 6) is -2.66. The summed E-state index contributed by atoms with van der Waals surface area (Å²) in [4.78, 5) is 47.9. The molecule has 216 valence electrons. The molecule has 1 spiro atoms. The molecule has 1 unspecified atom stereocenters. The van der Waals surface area contributed by atoms with Crippen molar-refractivity contribution < 1.29 is 24.2 Å². The van der Waals surface area contributed by atoms with Gasteiger partial charge in [0.15, 0.2) is 0 Å². The van der Waals surface area contributed by atoms with E-state index in [-0.39, 0.29) is 37.5 Å². The Kier molecular flexibility index (Phi) is 6.43. The molecule has 0 bridgehead atoms. The number of likely N-dealkylation sites (tertiary alicyclic amines) is 1. The van der Waals surface area contributed by atoms with Crippen LogP contribution in [-0.2, 0) is 25.8 Å². The number of ether oxygens (including phenoxy) is 1. The standard InChI is InChI=1S/C31H32N6O5/c1-2-20(18-38)37-27-30(41)34(19-36-23-13-7-6-12-22(23)32-33-36)16-9-15-31(27)26(29(37)40)25-24(42-31)14-8-17-35(28(25)39)21-10-4-3-5-11-21/h3-15,20,24-27,38H,2,16-19H2,1H3/t20-,24-,25+,26-,27?,31-/m0/s1. The predicted octanol–water partition coefficient (Wildman–Crippen LogP) is 1.74. The number of aliphatic hydroxyl groups excluding tert-OH is 1. The smallest absolute Gasteiger partial charge is 0.250 e. The number of nitrogens with zero attached hydrogens (tertiary/aromatic N) is 6. The molecular formula is C31H32N6O5. The van der Waals surface area contributed by atoms with Crippen LogP contribution in [0.3, 0.4) is 0 Å². The van der Waals surface area contributed by atoms with Crippen LogP contribution in [0.1, 0.15) is 13.3 Å². The van der Waals surface area contributed by atoms with E-state index in [0.717, 1.165) is 11.2 Å². The fraction of sp³-hybridized carbons (Fsp3) is 0.387. The van der Waals surface area contributed by atoms with Crippen molar-refractivity contribution in [2.75, 3.05) is 24.6 Å². The molecule has 0 radical (unpaired) electrons. The lowest BCUT2D eigenvalue weighted by atomic mass is 9.77. The number of hydrogen-bond donors (Lipinski definition) is 1. The van der Waals surface area contributed by atoms with E-state index in [0.29, 0.717) is 18.5 Å². The van der Waals surface area contributed by atoms with Crippen LogP contribution >= 0.6 is 0 Å². The van der Waals surface area contributed by atoms with Crippen molar-refractivity contribution in [1.29, 1.82) is 0 Å². The van der Waals surface area contributed by atoms with Crippen LogP contribution in [0.25, 0.3) is 11.0 Å². The largest absolute Gasteiger partial charge is 0.394 e. The molecule has 3 aromatic rings. The molecule has 0 saturated carbocycles. The Morgan fingerprint density at radius 3 is 2.57 bits per heavy atom. The molecule has 0 aliphatic carbocycles. The highest BCUT2D eigenvalue weighted by Gasteiger charge is 2.72. The van der Waals surface area contributed by atoms with Crippen LogP contribution < -0.4 is 4.90 Å². The van der Waals surface area contributed by atoms with Gasteiger partial charge >= 0.3 is 0 Å². The number of aromatic nitrogens is 3. The Labute approximate surface area is 242 Å². The molecule has 3 amide bonds. The van der Waals surface area contributed by atoms with E-state index in [1.807, 2.05) is 85.8 Å². The van der Waals surface area contributed by atoms with Crippen molar-refractivity contribution >= 4 is 34.4 Å². The second-order valence-corrected chi connectivity index (χ2v) is 11.2. The second-order valence-electron chi connectivity index (χ2n) is 11.2. The van der Waals surface area contributed by atoms with Gasteiger partial charge in [-0.1, -0.05) is 66.8 Å². The average molecular weight is 569 g/mol. The lowest BCUT2D eigenvalue weighted by molar-refractivity contribution is -0.151. The molecule has 4 aliphatic rings. The van der Waals surface area contributed by atoms with Gasteiger partial charge in [0.05, 0.1) is 36.1 Å². The van der Waals surface area contributed by atoms with Crippen LogP contribution in [0.5, 0.6) is 0 Å². The van der Waals surface area contributed by atoms with E-state index >= 15 is 0 Å². The van der Waals surface area contributed by atoms with Gasteiger partial charge in [-0.2, -0.15) is 0 Å². The molecule has 4 aliphatic heterocycles. The molecule has 11 nitrogen and oxygen atoms in total. The Morgan fingerprint density at radius 2 is 1.79 bits per heavy atom. The highest BCUT2D eigenvalue weighted by atomic mass is 16.5. The molecular weight excluding hydrogens is 536 g/mol. The number of fused-ring (bicyclic) bond motifs is 3. The number of carbonyl (C=O) groups excluding carboxylic acids is 3. The molecule has 11 heteroatoms. The van der Waals surface area contributed by atoms with Crippen LogP contribution in [-0.4, -0.2) is 91.1 Å². The molecule has 5 heterocycles. The monoisotopic (exact) mass is 568 g/mol. The molecule has 2 saturated heterocycles. The van der Waals surface area contributed by atoms with Crippen molar-refractivity contribution in [3.8, 4) is 0 Å². The third-order valence-electron chi connectivity index (χ3n) is 9.05. The first kappa shape index (κ1) is 26.5. The minimum atomic E-state index is -1.37. The van der Waals surface area contributed by atoms with E-state index in [1.54, 1.807) is 14.5 Å². The maximum absolute atomic E-state index is 14.5. The van der Waals surface area contributed by atoms with Gasteiger partial charge in [-0.15, -0.1) is 5.10 Å². The highest BCUT2D eigenvalue weighted by Crippen LogP contribution is 2.54. The summed E-state index contributed by atoms with van der Waals surface area (Å²) in [6, 6.07) is 15.2. The number of carbonyl (C=O) groups is 3. The van der Waals surface area contributed by atoms with E-state index in [9.17, 15) is 19.5 Å². The van der Waals surface area contributed by atoms with Gasteiger partial charge in [0, 0.05) is 18.8 Å². The molecule has 2 fully saturated rings. The van der Waals surface area contributed by atoms with Gasteiger partial charge in [0.25, 0.3) is 5.91 Å². The fourth-order valence-electron chi connectivity index (χ4n) is 7.08. The third-order valence-corrected chi connectivity index (χ3v) is 9.05. The average Bonchev–Trinajstić information content (AvgIpc) is 3.56. The normalized spacial score (nSPS) is 29.5. The minimum absolute atomic E-state index is 0.117. The first-order valence-corrected chi connectivity index (χ1v) is 14.4. The summed E-state index contributed by atoms with van der Waals surface area (Å²) in [5.41, 5.74) is 0.852. The Bertz CT molecular complexity index is 1600. The van der Waals surface area contributed by atoms with Crippen molar-refractivity contribution in [2.45, 2.75) is 43.8 Å². The van der Waals surface area contributed by atoms with Gasteiger partial charge < -0.3 is 24.5 Å². The number of rotatable bonds is 6. The lowest BCUT2D eigenvalue weighted by Crippen LogP contribution is -2.58. The van der Waals surface area contributed by atoms with Crippen molar-refractivity contribution in [3.63, 3.8) is 0 Å². The number of hydrogen-bond acceptors (Lipinski definition) is 7. The Balaban J connectivity index is 1.30. The third kappa shape index (κ3) is 3.83. The SMILES string of the molecule is CC[C@@H](CO)N1C(=O)[C@@H]2[C@@H]3C(=O)N(c4ccccc4)CC=C[C@@H]3O[C@@]23C=CCN(Cn2nnc4ccccc42)C(=O)C13. The van der Waals surface area contributed by atoms with Gasteiger partial charge in [-0.25, -0.2) is 4.68 Å². The zero-order valence-electron chi connectivity index (χ0n) is 23.2. The molecule has 7 rings (SSSR count). The molecule has 42 heavy (non-hydrogen) atoms.